The molecule has 0 bridgehead atoms. The van der Waals surface area contributed by atoms with Crippen LogP contribution in [0.15, 0.2) is 0 Å². The molecule has 0 aromatic carbocycles. The predicted octanol–water partition coefficient (Wildman–Crippen LogP) is 2.91. The Morgan fingerprint density at radius 2 is 1.83 bits per heavy atom. The average Bonchev–Trinajstić information content (AvgIpc) is 1.84. The third-order valence-electron chi connectivity index (χ3n) is 1.51. The zero-order valence-corrected chi connectivity index (χ0v) is 9.43. The molecule has 0 aliphatic carbocycles. The third-order valence-corrected chi connectivity index (χ3v) is 2.91. The standard InChI is InChI=1S/C8H19O3P/c1-7(2)6-8(3)11-12(5,9)10-4/h7-8H,6H2,1-5H3. The van der Waals surface area contributed by atoms with Gasteiger partial charge in [-0.05, 0) is 19.3 Å². The van der Waals surface area contributed by atoms with Crippen molar-refractivity contribution in [1.82, 2.24) is 0 Å². The van der Waals surface area contributed by atoms with E-state index in [0.717, 1.165) is 6.42 Å². The number of hydrogen-bond donors (Lipinski definition) is 0. The fourth-order valence-corrected chi connectivity index (χ4v) is 1.90. The van der Waals surface area contributed by atoms with Gasteiger partial charge < -0.3 is 9.05 Å². The van der Waals surface area contributed by atoms with Crippen LogP contribution in [0.5, 0.6) is 0 Å². The van der Waals surface area contributed by atoms with Gasteiger partial charge in [-0.15, -0.1) is 0 Å². The molecule has 0 heterocycles. The molecule has 0 aromatic rings. The van der Waals surface area contributed by atoms with Gasteiger partial charge in [-0.3, -0.25) is 4.57 Å². The van der Waals surface area contributed by atoms with Gasteiger partial charge in [0.05, 0.1) is 6.10 Å². The summed E-state index contributed by atoms with van der Waals surface area (Å²) < 4.78 is 21.3. The SMILES string of the molecule is COP(C)(=O)OC(C)CC(C)C. The third kappa shape index (κ3) is 5.76. The Morgan fingerprint density at radius 3 is 2.17 bits per heavy atom. The highest BCUT2D eigenvalue weighted by atomic mass is 31.2. The van der Waals surface area contributed by atoms with Crippen LogP contribution in [0.4, 0.5) is 0 Å². The highest BCUT2D eigenvalue weighted by Crippen LogP contribution is 2.44. The molecule has 0 aliphatic rings. The molecule has 12 heavy (non-hydrogen) atoms. The average molecular weight is 194 g/mol. The van der Waals surface area contributed by atoms with Crippen LogP contribution in [0.3, 0.4) is 0 Å². The molecule has 2 atom stereocenters. The fraction of sp³-hybridized carbons (Fsp3) is 1.00. The summed E-state index contributed by atoms with van der Waals surface area (Å²) >= 11 is 0. The quantitative estimate of drug-likeness (QED) is 0.631. The van der Waals surface area contributed by atoms with Gasteiger partial charge in [0.15, 0.2) is 0 Å². The van der Waals surface area contributed by atoms with Crippen molar-refractivity contribution in [3.05, 3.63) is 0 Å². The van der Waals surface area contributed by atoms with E-state index in [-0.39, 0.29) is 6.10 Å². The lowest BCUT2D eigenvalue weighted by atomic mass is 10.1. The van der Waals surface area contributed by atoms with Gasteiger partial charge in [0.2, 0.25) is 0 Å². The molecule has 4 heteroatoms. The van der Waals surface area contributed by atoms with Gasteiger partial charge in [0.25, 0.3) is 0 Å². The molecule has 0 radical (unpaired) electrons. The maximum Gasteiger partial charge on any atom is 0.327 e. The van der Waals surface area contributed by atoms with Gasteiger partial charge in [-0.1, -0.05) is 13.8 Å². The lowest BCUT2D eigenvalue weighted by molar-refractivity contribution is 0.159. The van der Waals surface area contributed by atoms with Crippen LogP contribution in [0.25, 0.3) is 0 Å². The largest absolute Gasteiger partial charge is 0.327 e. The molecule has 0 rings (SSSR count). The van der Waals surface area contributed by atoms with E-state index in [0.29, 0.717) is 5.92 Å². The predicted molar refractivity (Wildman–Crippen MR) is 50.5 cm³/mol. The van der Waals surface area contributed by atoms with E-state index in [2.05, 4.69) is 13.8 Å². The minimum atomic E-state index is -2.79. The van der Waals surface area contributed by atoms with Crippen molar-refractivity contribution in [2.75, 3.05) is 13.8 Å². The van der Waals surface area contributed by atoms with Gasteiger partial charge in [-0.25, -0.2) is 0 Å². The Kier molecular flexibility index (Phi) is 5.07. The topological polar surface area (TPSA) is 35.5 Å². The summed E-state index contributed by atoms with van der Waals surface area (Å²) in [7, 11) is -1.38. The summed E-state index contributed by atoms with van der Waals surface area (Å²) in [6.07, 6.45) is 0.905. The highest BCUT2D eigenvalue weighted by molar-refractivity contribution is 7.52. The van der Waals surface area contributed by atoms with Crippen molar-refractivity contribution in [2.45, 2.75) is 33.3 Å². The van der Waals surface area contributed by atoms with Crippen molar-refractivity contribution in [3.8, 4) is 0 Å². The van der Waals surface area contributed by atoms with E-state index in [4.69, 9.17) is 9.05 Å². The monoisotopic (exact) mass is 194 g/mol. The van der Waals surface area contributed by atoms with Crippen LogP contribution >= 0.6 is 7.60 Å². The van der Waals surface area contributed by atoms with Crippen molar-refractivity contribution >= 4 is 7.60 Å². The number of hydrogen-bond acceptors (Lipinski definition) is 3. The normalized spacial score (nSPS) is 19.2. The first kappa shape index (κ1) is 12.2. The second-order valence-corrected chi connectivity index (χ2v) is 5.62. The summed E-state index contributed by atoms with van der Waals surface area (Å²) in [4.78, 5) is 0. The van der Waals surface area contributed by atoms with Gasteiger partial charge in [-0.2, -0.15) is 0 Å². The molecular formula is C8H19O3P. The smallest absolute Gasteiger partial charge is 0.312 e. The van der Waals surface area contributed by atoms with Crippen molar-refractivity contribution in [1.29, 1.82) is 0 Å². The molecule has 0 spiro atoms. The Bertz CT molecular complexity index is 168. The summed E-state index contributed by atoms with van der Waals surface area (Å²) in [6, 6.07) is 0. The Hall–Kier alpha value is 0.150. The minimum Gasteiger partial charge on any atom is -0.312 e. The molecule has 2 unspecified atom stereocenters. The van der Waals surface area contributed by atoms with Gasteiger partial charge >= 0.3 is 7.60 Å². The molecule has 0 fully saturated rings. The van der Waals surface area contributed by atoms with E-state index in [1.807, 2.05) is 6.92 Å². The second kappa shape index (κ2) is 5.00. The zero-order chi connectivity index (χ0) is 9.78. The molecule has 74 valence electrons. The molecule has 0 aromatic heterocycles. The maximum atomic E-state index is 11.3. The van der Waals surface area contributed by atoms with E-state index in [9.17, 15) is 4.57 Å². The Labute approximate surface area is 75.0 Å². The van der Waals surface area contributed by atoms with Crippen LogP contribution in [-0.2, 0) is 13.6 Å². The van der Waals surface area contributed by atoms with Crippen molar-refractivity contribution in [3.63, 3.8) is 0 Å². The van der Waals surface area contributed by atoms with Crippen LogP contribution in [0.2, 0.25) is 0 Å². The lowest BCUT2D eigenvalue weighted by Gasteiger charge is -2.18. The second-order valence-electron chi connectivity index (χ2n) is 3.50. The summed E-state index contributed by atoms with van der Waals surface area (Å²) in [5.74, 6) is 0.553. The molecular weight excluding hydrogens is 175 g/mol. The lowest BCUT2D eigenvalue weighted by Crippen LogP contribution is -2.09. The van der Waals surface area contributed by atoms with Crippen LogP contribution in [-0.4, -0.2) is 19.9 Å². The van der Waals surface area contributed by atoms with Crippen LogP contribution in [0, 0.1) is 5.92 Å². The van der Waals surface area contributed by atoms with Gasteiger partial charge in [0.1, 0.15) is 0 Å². The van der Waals surface area contributed by atoms with E-state index in [1.165, 1.54) is 13.8 Å². The molecule has 0 saturated carbocycles. The van der Waals surface area contributed by atoms with E-state index >= 15 is 0 Å². The van der Waals surface area contributed by atoms with Crippen molar-refractivity contribution < 1.29 is 13.6 Å². The van der Waals surface area contributed by atoms with Crippen LogP contribution in [0.1, 0.15) is 27.2 Å². The summed E-state index contributed by atoms with van der Waals surface area (Å²) in [6.45, 7) is 7.61. The van der Waals surface area contributed by atoms with Crippen molar-refractivity contribution in [2.24, 2.45) is 5.92 Å². The zero-order valence-electron chi connectivity index (χ0n) is 8.53. The summed E-state index contributed by atoms with van der Waals surface area (Å²) in [5, 5.41) is 0. The summed E-state index contributed by atoms with van der Waals surface area (Å²) in [5.41, 5.74) is 0. The first-order valence-corrected chi connectivity index (χ1v) is 6.18. The molecule has 0 saturated heterocycles. The fourth-order valence-electron chi connectivity index (χ4n) is 1.08. The Balaban J connectivity index is 3.84. The van der Waals surface area contributed by atoms with E-state index < -0.39 is 7.60 Å². The highest BCUT2D eigenvalue weighted by Gasteiger charge is 2.19. The molecule has 3 nitrogen and oxygen atoms in total. The number of rotatable bonds is 5. The van der Waals surface area contributed by atoms with E-state index in [1.54, 1.807) is 0 Å². The first-order chi connectivity index (χ1) is 5.37. The minimum absolute atomic E-state index is 0.000725. The van der Waals surface area contributed by atoms with Gasteiger partial charge in [0, 0.05) is 13.8 Å². The first-order valence-electron chi connectivity index (χ1n) is 4.19. The maximum absolute atomic E-state index is 11.3. The molecule has 0 amide bonds. The Morgan fingerprint density at radius 1 is 1.33 bits per heavy atom. The molecule has 0 N–H and O–H groups in total. The van der Waals surface area contributed by atoms with Crippen LogP contribution < -0.4 is 0 Å². The molecule has 0 aliphatic heterocycles.